The van der Waals surface area contributed by atoms with Gasteiger partial charge in [0.1, 0.15) is 18.2 Å². The minimum atomic E-state index is -0.788. The number of ether oxygens (including phenoxy) is 2. The molecule has 0 bridgehead atoms. The van der Waals surface area contributed by atoms with Gasteiger partial charge < -0.3 is 25.6 Å². The summed E-state index contributed by atoms with van der Waals surface area (Å²) in [5.74, 6) is -0.502. The molecular weight excluding hydrogens is 449 g/mol. The van der Waals surface area contributed by atoms with Crippen molar-refractivity contribution in [2.45, 2.75) is 31.6 Å². The van der Waals surface area contributed by atoms with E-state index in [0.717, 1.165) is 25.2 Å². The van der Waals surface area contributed by atoms with Crippen LogP contribution in [0.25, 0.3) is 0 Å². The van der Waals surface area contributed by atoms with Crippen molar-refractivity contribution in [3.8, 4) is 5.75 Å². The number of benzene rings is 2. The molecule has 0 aliphatic carbocycles. The number of amides is 1. The fourth-order valence-corrected chi connectivity index (χ4v) is 4.10. The Morgan fingerprint density at radius 2 is 1.97 bits per heavy atom. The first-order valence-corrected chi connectivity index (χ1v) is 11.3. The number of piperidine rings is 1. The lowest BCUT2D eigenvalue weighted by Gasteiger charge is -2.38. The van der Waals surface area contributed by atoms with E-state index < -0.39 is 11.5 Å². The number of carbonyl (C=O) groups is 1. The number of hydrogen-bond donors (Lipinski definition) is 3. The molecule has 0 radical (unpaired) electrons. The molecule has 3 rings (SSSR count). The molecule has 2 aromatic carbocycles. The summed E-state index contributed by atoms with van der Waals surface area (Å²) in [7, 11) is 1.56. The number of nitrogens with zero attached hydrogens (tertiary/aromatic N) is 1. The van der Waals surface area contributed by atoms with Gasteiger partial charge in [0.05, 0.1) is 17.8 Å². The second-order valence-corrected chi connectivity index (χ2v) is 8.80. The van der Waals surface area contributed by atoms with Crippen LogP contribution in [0.15, 0.2) is 36.4 Å². The van der Waals surface area contributed by atoms with Crippen LogP contribution in [0.2, 0.25) is 5.02 Å². The number of likely N-dealkylation sites (tertiary alicyclic amines) is 1. The van der Waals surface area contributed by atoms with Gasteiger partial charge in [-0.2, -0.15) is 0 Å². The monoisotopic (exact) mass is 479 g/mol. The van der Waals surface area contributed by atoms with E-state index in [9.17, 15) is 14.3 Å². The average Bonchev–Trinajstić information content (AvgIpc) is 2.78. The second kappa shape index (κ2) is 11.8. The Labute approximate surface area is 198 Å². The zero-order valence-corrected chi connectivity index (χ0v) is 19.5. The average molecular weight is 480 g/mol. The molecule has 1 aliphatic heterocycles. The summed E-state index contributed by atoms with van der Waals surface area (Å²) in [5.41, 5.74) is 6.63. The van der Waals surface area contributed by atoms with Crippen molar-refractivity contribution in [3.63, 3.8) is 0 Å². The minimum Gasteiger partial charge on any atom is -0.491 e. The number of halogens is 2. The maximum absolute atomic E-state index is 13.1. The van der Waals surface area contributed by atoms with Crippen molar-refractivity contribution >= 4 is 17.5 Å². The summed E-state index contributed by atoms with van der Waals surface area (Å²) in [6.45, 7) is 3.79. The van der Waals surface area contributed by atoms with E-state index in [4.69, 9.17) is 26.8 Å². The third kappa shape index (κ3) is 7.38. The van der Waals surface area contributed by atoms with Crippen LogP contribution in [0.1, 0.15) is 34.3 Å². The fourth-order valence-electron chi connectivity index (χ4n) is 3.88. The van der Waals surface area contributed by atoms with Gasteiger partial charge in [-0.05, 0) is 42.7 Å². The summed E-state index contributed by atoms with van der Waals surface area (Å²) in [4.78, 5) is 14.0. The molecule has 180 valence electrons. The highest BCUT2D eigenvalue weighted by molar-refractivity contribution is 6.31. The largest absolute Gasteiger partial charge is 0.491 e. The quantitative estimate of drug-likeness (QED) is 0.429. The van der Waals surface area contributed by atoms with Crippen LogP contribution in [0.4, 0.5) is 4.39 Å². The van der Waals surface area contributed by atoms with Crippen LogP contribution in [0.3, 0.4) is 0 Å². The molecule has 0 atom stereocenters. The van der Waals surface area contributed by atoms with Crippen molar-refractivity contribution in [3.05, 3.63) is 63.9 Å². The Bertz CT molecular complexity index is 934. The summed E-state index contributed by atoms with van der Waals surface area (Å²) >= 11 is 6.17. The number of methoxy groups -OCH3 is 1. The number of nitrogens with two attached hydrogens (primary N) is 1. The lowest BCUT2D eigenvalue weighted by atomic mass is 9.91. The molecular formula is C24H31ClFN3O4. The first kappa shape index (κ1) is 25.4. The van der Waals surface area contributed by atoms with E-state index in [2.05, 4.69) is 10.2 Å². The van der Waals surface area contributed by atoms with Gasteiger partial charge in [0, 0.05) is 50.4 Å². The molecule has 7 nitrogen and oxygen atoms in total. The van der Waals surface area contributed by atoms with E-state index in [0.29, 0.717) is 48.9 Å². The van der Waals surface area contributed by atoms with E-state index in [1.807, 2.05) is 0 Å². The third-order valence-corrected chi connectivity index (χ3v) is 6.16. The van der Waals surface area contributed by atoms with Crippen LogP contribution in [0, 0.1) is 5.82 Å². The lowest BCUT2D eigenvalue weighted by Crippen LogP contribution is -2.50. The molecule has 0 saturated carbocycles. The SMILES string of the molecule is COCc1cc(OCCNCC2(O)CCN(Cc3ccc(F)cc3)CC2)c(C(N)=O)cc1Cl. The Balaban J connectivity index is 1.42. The molecule has 9 heteroatoms. The van der Waals surface area contributed by atoms with Crippen molar-refractivity contribution in [2.75, 3.05) is 39.9 Å². The predicted octanol–water partition coefficient (Wildman–Crippen LogP) is 2.72. The van der Waals surface area contributed by atoms with Gasteiger partial charge in [-0.15, -0.1) is 0 Å². The van der Waals surface area contributed by atoms with Crippen LogP contribution in [0.5, 0.6) is 5.75 Å². The predicted molar refractivity (Wildman–Crippen MR) is 125 cm³/mol. The van der Waals surface area contributed by atoms with Crippen LogP contribution < -0.4 is 15.8 Å². The van der Waals surface area contributed by atoms with Gasteiger partial charge in [-0.25, -0.2) is 4.39 Å². The third-order valence-electron chi connectivity index (χ3n) is 5.81. The second-order valence-electron chi connectivity index (χ2n) is 8.39. The number of rotatable bonds is 11. The number of hydrogen-bond acceptors (Lipinski definition) is 6. The highest BCUT2D eigenvalue weighted by Crippen LogP contribution is 2.28. The molecule has 0 aromatic heterocycles. The number of carbonyl (C=O) groups excluding carboxylic acids is 1. The number of primary amides is 1. The molecule has 1 fully saturated rings. The molecule has 33 heavy (non-hydrogen) atoms. The standard InChI is InChI=1S/C24H31ClFN3O4/c1-32-15-18-12-22(20(23(27)30)13-21(18)25)33-11-8-28-16-24(31)6-9-29(10-7-24)14-17-2-4-19(26)5-3-17/h2-5,12-13,28,31H,6-11,14-16H2,1H3,(H2,27,30). The zero-order chi connectivity index (χ0) is 23.8. The van der Waals surface area contributed by atoms with Gasteiger partial charge in [0.2, 0.25) is 0 Å². The molecule has 0 unspecified atom stereocenters. The molecule has 4 N–H and O–H groups in total. The molecule has 1 aliphatic rings. The molecule has 2 aromatic rings. The Kier molecular flexibility index (Phi) is 9.05. The van der Waals surface area contributed by atoms with Crippen LogP contribution in [-0.4, -0.2) is 61.4 Å². The lowest BCUT2D eigenvalue weighted by molar-refractivity contribution is -0.0219. The topological polar surface area (TPSA) is 97.1 Å². The van der Waals surface area contributed by atoms with E-state index >= 15 is 0 Å². The Hall–Kier alpha value is -2.23. The maximum atomic E-state index is 13.1. The van der Waals surface area contributed by atoms with Crippen molar-refractivity contribution in [1.82, 2.24) is 10.2 Å². The van der Waals surface area contributed by atoms with Crippen LogP contribution in [-0.2, 0) is 17.9 Å². The van der Waals surface area contributed by atoms with E-state index in [1.165, 1.54) is 18.2 Å². The van der Waals surface area contributed by atoms with E-state index in [1.54, 1.807) is 25.3 Å². The summed E-state index contributed by atoms with van der Waals surface area (Å²) < 4.78 is 23.9. The summed E-state index contributed by atoms with van der Waals surface area (Å²) in [5, 5.41) is 14.5. The Morgan fingerprint density at radius 1 is 1.27 bits per heavy atom. The van der Waals surface area contributed by atoms with Gasteiger partial charge in [0.25, 0.3) is 5.91 Å². The minimum absolute atomic E-state index is 0.215. The normalized spacial score (nSPS) is 16.0. The van der Waals surface area contributed by atoms with Crippen molar-refractivity contribution < 1.29 is 23.8 Å². The number of aliphatic hydroxyl groups is 1. The highest BCUT2D eigenvalue weighted by Gasteiger charge is 2.31. The first-order chi connectivity index (χ1) is 15.8. The van der Waals surface area contributed by atoms with Gasteiger partial charge in [-0.1, -0.05) is 23.7 Å². The van der Waals surface area contributed by atoms with Gasteiger partial charge >= 0.3 is 0 Å². The molecule has 1 amide bonds. The smallest absolute Gasteiger partial charge is 0.252 e. The van der Waals surface area contributed by atoms with Gasteiger partial charge in [-0.3, -0.25) is 9.69 Å². The molecule has 1 heterocycles. The number of nitrogens with one attached hydrogen (secondary N) is 1. The van der Waals surface area contributed by atoms with Gasteiger partial charge in [0.15, 0.2) is 0 Å². The summed E-state index contributed by atoms with van der Waals surface area (Å²) in [6, 6.07) is 9.67. The molecule has 0 spiro atoms. The van der Waals surface area contributed by atoms with E-state index in [-0.39, 0.29) is 18.0 Å². The fraction of sp³-hybridized carbons (Fsp3) is 0.458. The Morgan fingerprint density at radius 3 is 2.61 bits per heavy atom. The first-order valence-electron chi connectivity index (χ1n) is 10.9. The highest BCUT2D eigenvalue weighted by atomic mass is 35.5. The summed E-state index contributed by atoms with van der Waals surface area (Å²) in [6.07, 6.45) is 1.29. The van der Waals surface area contributed by atoms with Crippen molar-refractivity contribution in [1.29, 1.82) is 0 Å². The molecule has 1 saturated heterocycles. The maximum Gasteiger partial charge on any atom is 0.252 e. The zero-order valence-electron chi connectivity index (χ0n) is 18.8. The van der Waals surface area contributed by atoms with Crippen molar-refractivity contribution in [2.24, 2.45) is 5.73 Å². The van der Waals surface area contributed by atoms with Crippen LogP contribution >= 0.6 is 11.6 Å².